The molecule has 0 saturated heterocycles. The highest BCUT2D eigenvalue weighted by molar-refractivity contribution is 6.04. The molecule has 1 unspecified atom stereocenters. The number of carbonyl (C=O) groups excluding carboxylic acids is 1. The van der Waals surface area contributed by atoms with Crippen molar-refractivity contribution in [1.29, 1.82) is 0 Å². The second kappa shape index (κ2) is 5.06. The zero-order chi connectivity index (χ0) is 13.1. The van der Waals surface area contributed by atoms with Crippen molar-refractivity contribution >= 4 is 22.4 Å². The van der Waals surface area contributed by atoms with E-state index in [1.54, 1.807) is 37.3 Å². The van der Waals surface area contributed by atoms with E-state index in [1.165, 1.54) is 7.11 Å². The Bertz CT molecular complexity index is 580. The molecule has 0 aromatic heterocycles. The molecule has 4 nitrogen and oxygen atoms in total. The Morgan fingerprint density at radius 3 is 2.61 bits per heavy atom. The van der Waals surface area contributed by atoms with Gasteiger partial charge in [0.1, 0.15) is 11.9 Å². The molecule has 0 bridgehead atoms. The summed E-state index contributed by atoms with van der Waals surface area (Å²) in [6.07, 6.45) is -0.516. The van der Waals surface area contributed by atoms with Crippen LogP contribution >= 0.6 is 0 Å². The van der Waals surface area contributed by atoms with E-state index < -0.39 is 6.10 Å². The van der Waals surface area contributed by atoms with Gasteiger partial charge in [0.15, 0.2) is 0 Å². The van der Waals surface area contributed by atoms with Gasteiger partial charge < -0.3 is 15.2 Å². The van der Waals surface area contributed by atoms with Crippen molar-refractivity contribution in [3.8, 4) is 5.75 Å². The summed E-state index contributed by atoms with van der Waals surface area (Å²) in [5.41, 5.74) is 0.664. The van der Waals surface area contributed by atoms with Crippen molar-refractivity contribution in [3.63, 3.8) is 0 Å². The van der Waals surface area contributed by atoms with Crippen LogP contribution in [0.25, 0.3) is 10.8 Å². The van der Waals surface area contributed by atoms with E-state index in [1.807, 2.05) is 6.07 Å². The number of methoxy groups -OCH3 is 1. The zero-order valence-electron chi connectivity index (χ0n) is 10.3. The Hall–Kier alpha value is -2.07. The molecule has 0 spiro atoms. The van der Waals surface area contributed by atoms with Crippen LogP contribution in [0.2, 0.25) is 0 Å². The fourth-order valence-electron chi connectivity index (χ4n) is 1.74. The number of amides is 1. The summed E-state index contributed by atoms with van der Waals surface area (Å²) in [7, 11) is 1.49. The molecule has 4 heteroatoms. The van der Waals surface area contributed by atoms with Gasteiger partial charge in [-0.2, -0.15) is 0 Å². The molecular weight excluding hydrogens is 230 g/mol. The quantitative estimate of drug-likeness (QED) is 0.873. The van der Waals surface area contributed by atoms with Crippen LogP contribution in [0.5, 0.6) is 5.75 Å². The maximum atomic E-state index is 11.8. The molecule has 0 aliphatic carbocycles. The summed E-state index contributed by atoms with van der Waals surface area (Å²) in [6.45, 7) is 1.68. The Balaban J connectivity index is 2.40. The standard InChI is InChI=1S/C14H15NO3/c1-9(18-2)14(17)15-12-7-3-6-11-10(12)5-4-8-13(11)16/h3-9,16H,1-2H3,(H,15,17). The van der Waals surface area contributed by atoms with E-state index >= 15 is 0 Å². The highest BCUT2D eigenvalue weighted by atomic mass is 16.5. The van der Waals surface area contributed by atoms with Gasteiger partial charge in [-0.3, -0.25) is 4.79 Å². The molecule has 0 aliphatic heterocycles. The fourth-order valence-corrected chi connectivity index (χ4v) is 1.74. The Kier molecular flexibility index (Phi) is 3.48. The molecule has 94 valence electrons. The number of hydrogen-bond acceptors (Lipinski definition) is 3. The van der Waals surface area contributed by atoms with Crippen LogP contribution in [0.3, 0.4) is 0 Å². The van der Waals surface area contributed by atoms with Crippen LogP contribution in [0, 0.1) is 0 Å². The lowest BCUT2D eigenvalue weighted by Gasteiger charge is -2.12. The van der Waals surface area contributed by atoms with Gasteiger partial charge in [-0.1, -0.05) is 24.3 Å². The molecule has 2 rings (SSSR count). The molecule has 1 amide bonds. The van der Waals surface area contributed by atoms with E-state index in [2.05, 4.69) is 5.32 Å². The van der Waals surface area contributed by atoms with Gasteiger partial charge in [0.25, 0.3) is 5.91 Å². The number of nitrogens with one attached hydrogen (secondary N) is 1. The lowest BCUT2D eigenvalue weighted by atomic mass is 10.1. The number of rotatable bonds is 3. The average Bonchev–Trinajstić information content (AvgIpc) is 2.39. The van der Waals surface area contributed by atoms with Gasteiger partial charge in [0.2, 0.25) is 0 Å². The maximum absolute atomic E-state index is 11.8. The summed E-state index contributed by atoms with van der Waals surface area (Å²) in [5.74, 6) is -0.0169. The number of carbonyl (C=O) groups is 1. The van der Waals surface area contributed by atoms with Gasteiger partial charge in [-0.05, 0) is 19.1 Å². The summed E-state index contributed by atoms with van der Waals surface area (Å²) in [6, 6.07) is 10.6. The van der Waals surface area contributed by atoms with Crippen LogP contribution < -0.4 is 5.32 Å². The lowest BCUT2D eigenvalue weighted by Crippen LogP contribution is -2.26. The SMILES string of the molecule is COC(C)C(=O)Nc1cccc2c(O)cccc12. The van der Waals surface area contributed by atoms with E-state index in [0.717, 1.165) is 5.39 Å². The minimum atomic E-state index is -0.516. The Morgan fingerprint density at radius 1 is 1.22 bits per heavy atom. The van der Waals surface area contributed by atoms with Gasteiger partial charge in [0.05, 0.1) is 0 Å². The Labute approximate surface area is 105 Å². The number of hydrogen-bond donors (Lipinski definition) is 2. The minimum Gasteiger partial charge on any atom is -0.507 e. The summed E-state index contributed by atoms with van der Waals surface area (Å²) >= 11 is 0. The molecule has 0 heterocycles. The molecule has 0 aliphatic rings. The van der Waals surface area contributed by atoms with Crippen molar-refractivity contribution < 1.29 is 14.6 Å². The van der Waals surface area contributed by atoms with Gasteiger partial charge in [-0.25, -0.2) is 0 Å². The van der Waals surface area contributed by atoms with Gasteiger partial charge in [0, 0.05) is 23.6 Å². The van der Waals surface area contributed by atoms with Crippen molar-refractivity contribution in [3.05, 3.63) is 36.4 Å². The zero-order valence-corrected chi connectivity index (χ0v) is 10.3. The van der Waals surface area contributed by atoms with Crippen molar-refractivity contribution in [2.45, 2.75) is 13.0 Å². The molecule has 0 fully saturated rings. The molecule has 0 radical (unpaired) electrons. The molecule has 0 saturated carbocycles. The van der Waals surface area contributed by atoms with E-state index in [-0.39, 0.29) is 11.7 Å². The van der Waals surface area contributed by atoms with Crippen LogP contribution in [-0.2, 0) is 9.53 Å². The van der Waals surface area contributed by atoms with E-state index in [4.69, 9.17) is 4.74 Å². The number of phenols is 1. The first-order valence-electron chi connectivity index (χ1n) is 5.68. The third-order valence-corrected chi connectivity index (χ3v) is 2.88. The van der Waals surface area contributed by atoms with Crippen LogP contribution in [0.15, 0.2) is 36.4 Å². The first kappa shape index (κ1) is 12.4. The molecule has 2 aromatic carbocycles. The summed E-state index contributed by atoms with van der Waals surface area (Å²) < 4.78 is 4.96. The topological polar surface area (TPSA) is 58.6 Å². The third-order valence-electron chi connectivity index (χ3n) is 2.88. The molecule has 2 N–H and O–H groups in total. The maximum Gasteiger partial charge on any atom is 0.253 e. The Morgan fingerprint density at radius 2 is 1.89 bits per heavy atom. The van der Waals surface area contributed by atoms with Crippen LogP contribution in [0.1, 0.15) is 6.92 Å². The second-order valence-corrected chi connectivity index (χ2v) is 4.05. The monoisotopic (exact) mass is 245 g/mol. The van der Waals surface area contributed by atoms with Gasteiger partial charge in [-0.15, -0.1) is 0 Å². The molecular formula is C14H15NO3. The van der Waals surface area contributed by atoms with Crippen LogP contribution in [0.4, 0.5) is 5.69 Å². The summed E-state index contributed by atoms with van der Waals surface area (Å²) in [5, 5.41) is 14.0. The van der Waals surface area contributed by atoms with E-state index in [0.29, 0.717) is 11.1 Å². The molecule has 18 heavy (non-hydrogen) atoms. The largest absolute Gasteiger partial charge is 0.507 e. The number of benzene rings is 2. The fraction of sp³-hybridized carbons (Fsp3) is 0.214. The first-order chi connectivity index (χ1) is 8.63. The third kappa shape index (κ3) is 2.28. The predicted octanol–water partition coefficient (Wildman–Crippen LogP) is 2.52. The number of fused-ring (bicyclic) bond motifs is 1. The minimum absolute atomic E-state index is 0.198. The smallest absolute Gasteiger partial charge is 0.253 e. The normalized spacial score (nSPS) is 12.3. The highest BCUT2D eigenvalue weighted by Gasteiger charge is 2.13. The van der Waals surface area contributed by atoms with Crippen molar-refractivity contribution in [1.82, 2.24) is 0 Å². The lowest BCUT2D eigenvalue weighted by molar-refractivity contribution is -0.124. The van der Waals surface area contributed by atoms with Gasteiger partial charge >= 0.3 is 0 Å². The van der Waals surface area contributed by atoms with Crippen molar-refractivity contribution in [2.24, 2.45) is 0 Å². The summed E-state index contributed by atoms with van der Waals surface area (Å²) in [4.78, 5) is 11.8. The predicted molar refractivity (Wildman–Crippen MR) is 70.7 cm³/mol. The van der Waals surface area contributed by atoms with E-state index in [9.17, 15) is 9.90 Å². The first-order valence-corrected chi connectivity index (χ1v) is 5.68. The number of ether oxygens (including phenoxy) is 1. The molecule has 1 atom stereocenters. The molecule has 2 aromatic rings. The number of phenolic OH excluding ortho intramolecular Hbond substituents is 1. The number of anilines is 1. The highest BCUT2D eigenvalue weighted by Crippen LogP contribution is 2.29. The average molecular weight is 245 g/mol. The van der Waals surface area contributed by atoms with Crippen molar-refractivity contribution in [2.75, 3.05) is 12.4 Å². The number of aromatic hydroxyl groups is 1. The van der Waals surface area contributed by atoms with Crippen LogP contribution in [-0.4, -0.2) is 24.2 Å². The second-order valence-electron chi connectivity index (χ2n) is 4.05.